The molecule has 0 amide bonds. The van der Waals surface area contributed by atoms with E-state index in [1.807, 2.05) is 5.32 Å². The van der Waals surface area contributed by atoms with Gasteiger partial charge in [0.15, 0.2) is 0 Å². The van der Waals surface area contributed by atoms with E-state index in [4.69, 9.17) is 10.2 Å². The minimum atomic E-state index is -4.45. The first-order valence-corrected chi connectivity index (χ1v) is 3.04. The van der Waals surface area contributed by atoms with Crippen molar-refractivity contribution in [3.8, 4) is 0 Å². The van der Waals surface area contributed by atoms with Crippen LogP contribution in [0.15, 0.2) is 0 Å². The second kappa shape index (κ2) is 4.53. The minimum absolute atomic E-state index is 0.176. The Labute approximate surface area is 61.8 Å². The molecule has 0 aromatic carbocycles. The van der Waals surface area contributed by atoms with Crippen LogP contribution in [0.5, 0.6) is 0 Å². The Morgan fingerprint density at radius 2 is 1.82 bits per heavy atom. The molecule has 0 aromatic heterocycles. The zero-order chi connectivity index (χ0) is 8.91. The fraction of sp³-hybridized carbons (Fsp3) is 1.00. The minimum Gasteiger partial charge on any atom is -0.395 e. The van der Waals surface area contributed by atoms with Gasteiger partial charge in [-0.05, 0) is 0 Å². The molecule has 0 aliphatic rings. The maximum absolute atomic E-state index is 11.7. The van der Waals surface area contributed by atoms with Crippen molar-refractivity contribution in [2.45, 2.75) is 12.2 Å². The summed E-state index contributed by atoms with van der Waals surface area (Å²) in [6.45, 7) is -1.57. The van der Waals surface area contributed by atoms with E-state index in [2.05, 4.69) is 0 Å². The molecule has 0 unspecified atom stereocenters. The third-order valence-corrected chi connectivity index (χ3v) is 1.08. The van der Waals surface area contributed by atoms with Crippen LogP contribution in [0.4, 0.5) is 13.2 Å². The molecule has 0 saturated heterocycles. The Bertz CT molecular complexity index is 106. The first-order chi connectivity index (χ1) is 5.02. The summed E-state index contributed by atoms with van der Waals surface area (Å²) < 4.78 is 35.2. The quantitative estimate of drug-likeness (QED) is 0.536. The maximum Gasteiger partial charge on any atom is 0.406 e. The Hall–Kier alpha value is -0.330. The highest BCUT2D eigenvalue weighted by Crippen LogP contribution is 2.19. The molecule has 0 heterocycles. The number of nitrogens with one attached hydrogen (secondary N) is 1. The molecule has 0 rings (SSSR count). The fourth-order valence-electron chi connectivity index (χ4n) is 0.523. The summed E-state index contributed by atoms with van der Waals surface area (Å²) in [6.07, 6.45) is -4.45. The molecule has 6 heteroatoms. The monoisotopic (exact) mass is 173 g/mol. The largest absolute Gasteiger partial charge is 0.406 e. The normalized spacial score (nSPS) is 15.0. The van der Waals surface area contributed by atoms with E-state index in [0.717, 1.165) is 0 Å². The molecule has 0 aliphatic carbocycles. The third kappa shape index (κ3) is 4.18. The van der Waals surface area contributed by atoms with E-state index in [0.29, 0.717) is 0 Å². The molecule has 0 aromatic rings. The summed E-state index contributed by atoms with van der Waals surface area (Å²) in [6, 6.07) is -1.94. The second-order valence-electron chi connectivity index (χ2n) is 1.95. The van der Waals surface area contributed by atoms with Gasteiger partial charge in [0, 0.05) is 6.54 Å². The summed E-state index contributed by atoms with van der Waals surface area (Å²) >= 11 is 0. The summed E-state index contributed by atoms with van der Waals surface area (Å²) in [5.41, 5.74) is 0. The van der Waals surface area contributed by atoms with Crippen molar-refractivity contribution in [2.75, 3.05) is 19.8 Å². The van der Waals surface area contributed by atoms with Gasteiger partial charge in [-0.2, -0.15) is 13.2 Å². The number of alkyl halides is 3. The Kier molecular flexibility index (Phi) is 4.39. The van der Waals surface area contributed by atoms with E-state index in [1.165, 1.54) is 0 Å². The molecule has 0 spiro atoms. The molecule has 3 nitrogen and oxygen atoms in total. The van der Waals surface area contributed by atoms with Crippen LogP contribution < -0.4 is 5.32 Å². The van der Waals surface area contributed by atoms with Gasteiger partial charge in [-0.15, -0.1) is 0 Å². The number of halogens is 3. The van der Waals surface area contributed by atoms with Crippen LogP contribution in [0.1, 0.15) is 0 Å². The smallest absolute Gasteiger partial charge is 0.395 e. The molecule has 1 atom stereocenters. The molecule has 0 aliphatic heterocycles. The van der Waals surface area contributed by atoms with E-state index in [9.17, 15) is 13.2 Å². The number of aliphatic hydroxyl groups excluding tert-OH is 2. The van der Waals surface area contributed by atoms with Gasteiger partial charge in [-0.25, -0.2) is 0 Å². The van der Waals surface area contributed by atoms with Crippen LogP contribution in [-0.2, 0) is 0 Å². The van der Waals surface area contributed by atoms with Gasteiger partial charge in [0.2, 0.25) is 0 Å². The molecule has 11 heavy (non-hydrogen) atoms. The molecule has 3 N–H and O–H groups in total. The lowest BCUT2D eigenvalue weighted by molar-refractivity contribution is -0.163. The van der Waals surface area contributed by atoms with Crippen LogP contribution in [0.25, 0.3) is 0 Å². The zero-order valence-electron chi connectivity index (χ0n) is 5.73. The first kappa shape index (κ1) is 10.7. The predicted molar refractivity (Wildman–Crippen MR) is 32.0 cm³/mol. The van der Waals surface area contributed by atoms with Crippen LogP contribution in [0, 0.1) is 0 Å². The molecule has 0 fully saturated rings. The highest BCUT2D eigenvalue weighted by Gasteiger charge is 2.38. The van der Waals surface area contributed by atoms with Gasteiger partial charge in [-0.1, -0.05) is 0 Å². The molecule has 68 valence electrons. The van der Waals surface area contributed by atoms with E-state index in [-0.39, 0.29) is 13.2 Å². The van der Waals surface area contributed by atoms with Crippen molar-refractivity contribution in [3.63, 3.8) is 0 Å². The van der Waals surface area contributed by atoms with Gasteiger partial charge < -0.3 is 15.5 Å². The topological polar surface area (TPSA) is 52.5 Å². The van der Waals surface area contributed by atoms with Crippen molar-refractivity contribution >= 4 is 0 Å². The lowest BCUT2D eigenvalue weighted by Gasteiger charge is -2.18. The zero-order valence-corrected chi connectivity index (χ0v) is 5.73. The van der Waals surface area contributed by atoms with Crippen molar-refractivity contribution in [3.05, 3.63) is 0 Å². The number of rotatable bonds is 4. The van der Waals surface area contributed by atoms with Gasteiger partial charge in [-0.3, -0.25) is 0 Å². The third-order valence-electron chi connectivity index (χ3n) is 1.08. The molecule has 0 radical (unpaired) electrons. The van der Waals surface area contributed by atoms with Crippen molar-refractivity contribution in [2.24, 2.45) is 0 Å². The van der Waals surface area contributed by atoms with Crippen molar-refractivity contribution in [1.82, 2.24) is 5.32 Å². The van der Waals surface area contributed by atoms with Gasteiger partial charge in [0.1, 0.15) is 6.04 Å². The highest BCUT2D eigenvalue weighted by molar-refractivity contribution is 4.73. The standard InChI is InChI=1S/C5H10F3NO2/c6-5(7,8)4(3-11)9-1-2-10/h4,9-11H,1-3H2/t4-/m0/s1. The summed E-state index contributed by atoms with van der Waals surface area (Å²) in [5.74, 6) is 0. The van der Waals surface area contributed by atoms with E-state index >= 15 is 0 Å². The van der Waals surface area contributed by atoms with E-state index < -0.39 is 18.8 Å². The molecule has 0 bridgehead atoms. The van der Waals surface area contributed by atoms with Gasteiger partial charge >= 0.3 is 6.18 Å². The lowest BCUT2D eigenvalue weighted by Crippen LogP contribution is -2.45. The van der Waals surface area contributed by atoms with Crippen LogP contribution in [-0.4, -0.2) is 42.2 Å². The summed E-state index contributed by atoms with van der Waals surface area (Å²) in [4.78, 5) is 0. The molecule has 0 saturated carbocycles. The maximum atomic E-state index is 11.7. The number of hydrogen-bond donors (Lipinski definition) is 3. The van der Waals surface area contributed by atoms with Gasteiger partial charge in [0.25, 0.3) is 0 Å². The van der Waals surface area contributed by atoms with Gasteiger partial charge in [0.05, 0.1) is 13.2 Å². The average molecular weight is 173 g/mol. The summed E-state index contributed by atoms with van der Waals surface area (Å²) in [7, 11) is 0. The summed E-state index contributed by atoms with van der Waals surface area (Å²) in [5, 5.41) is 18.3. The van der Waals surface area contributed by atoms with Crippen molar-refractivity contribution < 1.29 is 23.4 Å². The SMILES string of the molecule is OCCN[C@@H](CO)C(F)(F)F. The number of aliphatic hydroxyl groups is 2. The number of hydrogen-bond acceptors (Lipinski definition) is 3. The average Bonchev–Trinajstić information content (AvgIpc) is 1.87. The van der Waals surface area contributed by atoms with Crippen LogP contribution in [0.3, 0.4) is 0 Å². The Morgan fingerprint density at radius 3 is 2.09 bits per heavy atom. The lowest BCUT2D eigenvalue weighted by atomic mass is 10.3. The first-order valence-electron chi connectivity index (χ1n) is 3.04. The highest BCUT2D eigenvalue weighted by atomic mass is 19.4. The van der Waals surface area contributed by atoms with E-state index in [1.54, 1.807) is 0 Å². The second-order valence-corrected chi connectivity index (χ2v) is 1.95. The Morgan fingerprint density at radius 1 is 1.27 bits per heavy atom. The van der Waals surface area contributed by atoms with Crippen LogP contribution in [0.2, 0.25) is 0 Å². The van der Waals surface area contributed by atoms with Crippen LogP contribution >= 0.6 is 0 Å². The van der Waals surface area contributed by atoms with Crippen molar-refractivity contribution in [1.29, 1.82) is 0 Å². The fourth-order valence-corrected chi connectivity index (χ4v) is 0.523. The Balaban J connectivity index is 3.76. The predicted octanol–water partition coefficient (Wildman–Crippen LogP) is -0.509. The molecular weight excluding hydrogens is 163 g/mol. The molecular formula is C5H10F3NO2.